The van der Waals surface area contributed by atoms with Crippen LogP contribution in [-0.2, 0) is 14.3 Å². The van der Waals surface area contributed by atoms with Crippen LogP contribution in [0.1, 0.15) is 5.56 Å². The summed E-state index contributed by atoms with van der Waals surface area (Å²) in [5, 5.41) is 2.68. The normalized spacial score (nSPS) is 10.5. The van der Waals surface area contributed by atoms with Crippen molar-refractivity contribution in [2.24, 2.45) is 0 Å². The minimum Gasteiger partial charge on any atom is -0.466 e. The Labute approximate surface area is 129 Å². The summed E-state index contributed by atoms with van der Waals surface area (Å²) in [6.07, 6.45) is 2.22. The Bertz CT molecular complexity index is 703. The molecule has 0 aromatic heterocycles. The molecule has 0 saturated carbocycles. The highest BCUT2D eigenvalue weighted by Crippen LogP contribution is 2.24. The number of aryl methyl sites for hydroxylation is 1. The summed E-state index contributed by atoms with van der Waals surface area (Å²) in [5.41, 5.74) is 4.10. The molecule has 2 aromatic rings. The third kappa shape index (κ3) is 4.06. The van der Waals surface area contributed by atoms with Gasteiger partial charge in [0.05, 0.1) is 7.11 Å². The smallest absolute Gasteiger partial charge is 0.330 e. The maximum Gasteiger partial charge on any atom is 0.330 e. The zero-order valence-electron chi connectivity index (χ0n) is 12.5. The van der Waals surface area contributed by atoms with E-state index in [0.29, 0.717) is 5.69 Å². The van der Waals surface area contributed by atoms with Crippen molar-refractivity contribution in [2.45, 2.75) is 6.92 Å². The Morgan fingerprint density at radius 1 is 1.00 bits per heavy atom. The predicted molar refractivity (Wildman–Crippen MR) is 86.4 cm³/mol. The molecule has 112 valence electrons. The molecule has 4 nitrogen and oxygen atoms in total. The number of anilines is 1. The lowest BCUT2D eigenvalue weighted by molar-refractivity contribution is -0.135. The molecule has 0 atom stereocenters. The van der Waals surface area contributed by atoms with E-state index >= 15 is 0 Å². The van der Waals surface area contributed by atoms with Gasteiger partial charge in [0.15, 0.2) is 0 Å². The highest BCUT2D eigenvalue weighted by atomic mass is 16.5. The maximum absolute atomic E-state index is 11.6. The summed E-state index contributed by atoms with van der Waals surface area (Å²) >= 11 is 0. The van der Waals surface area contributed by atoms with Crippen molar-refractivity contribution >= 4 is 17.6 Å². The molecule has 4 heteroatoms. The largest absolute Gasteiger partial charge is 0.466 e. The molecular formula is C18H17NO3. The topological polar surface area (TPSA) is 55.4 Å². The first-order chi connectivity index (χ1) is 10.6. The Morgan fingerprint density at radius 3 is 2.32 bits per heavy atom. The molecule has 22 heavy (non-hydrogen) atoms. The van der Waals surface area contributed by atoms with Crippen molar-refractivity contribution in [2.75, 3.05) is 12.4 Å². The molecule has 0 radical (unpaired) electrons. The van der Waals surface area contributed by atoms with E-state index in [1.54, 1.807) is 0 Å². The van der Waals surface area contributed by atoms with E-state index in [2.05, 4.69) is 29.1 Å². The molecule has 0 bridgehead atoms. The molecule has 1 amide bonds. The van der Waals surface area contributed by atoms with Gasteiger partial charge in [0.2, 0.25) is 5.91 Å². The van der Waals surface area contributed by atoms with Gasteiger partial charge < -0.3 is 10.1 Å². The average Bonchev–Trinajstić information content (AvgIpc) is 2.54. The summed E-state index contributed by atoms with van der Waals surface area (Å²) in [7, 11) is 1.26. The lowest BCUT2D eigenvalue weighted by Gasteiger charge is -2.07. The number of carbonyl (C=O) groups is 2. The van der Waals surface area contributed by atoms with Crippen LogP contribution < -0.4 is 5.32 Å². The number of amides is 1. The number of carbonyl (C=O) groups excluding carboxylic acids is 2. The van der Waals surface area contributed by atoms with Gasteiger partial charge in [-0.25, -0.2) is 4.79 Å². The van der Waals surface area contributed by atoms with Crippen LogP contribution >= 0.6 is 0 Å². The molecule has 0 saturated heterocycles. The fourth-order valence-corrected chi connectivity index (χ4v) is 2.03. The summed E-state index contributed by atoms with van der Waals surface area (Å²) < 4.78 is 4.42. The van der Waals surface area contributed by atoms with Crippen molar-refractivity contribution < 1.29 is 14.3 Å². The Hall–Kier alpha value is -2.88. The lowest BCUT2D eigenvalue weighted by Crippen LogP contribution is -2.08. The zero-order chi connectivity index (χ0) is 15.9. The van der Waals surface area contributed by atoms with Crippen LogP contribution in [0, 0.1) is 6.92 Å². The van der Waals surface area contributed by atoms with Crippen molar-refractivity contribution in [1.82, 2.24) is 0 Å². The quantitative estimate of drug-likeness (QED) is 0.695. The van der Waals surface area contributed by atoms with Crippen molar-refractivity contribution in [1.29, 1.82) is 0 Å². The fourth-order valence-electron chi connectivity index (χ4n) is 2.03. The standard InChI is InChI=1S/C18H17NO3/c1-13-5-3-4-6-16(13)14-7-9-15(10-8-14)19-17(20)11-12-18(21)22-2/h3-12H,1-2H3,(H,19,20)/b12-11+. The first kappa shape index (κ1) is 15.5. The minimum absolute atomic E-state index is 0.381. The van der Waals surface area contributed by atoms with Gasteiger partial charge in [0.25, 0.3) is 0 Å². The zero-order valence-corrected chi connectivity index (χ0v) is 12.5. The summed E-state index contributed by atoms with van der Waals surface area (Å²) in [5.74, 6) is -0.945. The second-order valence-electron chi connectivity index (χ2n) is 4.74. The Kier molecular flexibility index (Phi) is 5.09. The number of hydrogen-bond acceptors (Lipinski definition) is 3. The molecule has 2 rings (SSSR count). The van der Waals surface area contributed by atoms with Gasteiger partial charge in [-0.3, -0.25) is 4.79 Å². The van der Waals surface area contributed by atoms with Gasteiger partial charge in [-0.1, -0.05) is 36.4 Å². The predicted octanol–water partition coefficient (Wildman–Crippen LogP) is 3.33. The van der Waals surface area contributed by atoms with Crippen LogP contribution in [0.2, 0.25) is 0 Å². The fraction of sp³-hybridized carbons (Fsp3) is 0.111. The van der Waals surface area contributed by atoms with Gasteiger partial charge >= 0.3 is 5.97 Å². The number of nitrogens with one attached hydrogen (secondary N) is 1. The summed E-state index contributed by atoms with van der Waals surface area (Å²) in [6, 6.07) is 15.7. The van der Waals surface area contributed by atoms with Crippen molar-refractivity contribution in [3.05, 3.63) is 66.2 Å². The molecule has 0 spiro atoms. The van der Waals surface area contributed by atoms with Crippen LogP contribution in [0.3, 0.4) is 0 Å². The van der Waals surface area contributed by atoms with Gasteiger partial charge in [-0.05, 0) is 35.7 Å². The van der Waals surface area contributed by atoms with Crippen LogP contribution in [0.5, 0.6) is 0 Å². The molecule has 0 aliphatic heterocycles. The first-order valence-corrected chi connectivity index (χ1v) is 6.83. The van der Waals surface area contributed by atoms with E-state index in [9.17, 15) is 9.59 Å². The maximum atomic E-state index is 11.6. The molecule has 0 heterocycles. The molecule has 1 N–H and O–H groups in total. The second-order valence-corrected chi connectivity index (χ2v) is 4.74. The third-order valence-corrected chi connectivity index (χ3v) is 3.18. The summed E-state index contributed by atoms with van der Waals surface area (Å²) in [6.45, 7) is 2.06. The second kappa shape index (κ2) is 7.22. The van der Waals surface area contributed by atoms with E-state index in [1.807, 2.05) is 36.4 Å². The molecule has 0 aliphatic carbocycles. The van der Waals surface area contributed by atoms with Crippen LogP contribution in [0.25, 0.3) is 11.1 Å². The van der Waals surface area contributed by atoms with E-state index in [1.165, 1.54) is 12.7 Å². The number of esters is 1. The third-order valence-electron chi connectivity index (χ3n) is 3.18. The summed E-state index contributed by atoms with van der Waals surface area (Å²) in [4.78, 5) is 22.5. The first-order valence-electron chi connectivity index (χ1n) is 6.83. The highest BCUT2D eigenvalue weighted by molar-refractivity contribution is 6.02. The Morgan fingerprint density at radius 2 is 1.68 bits per heavy atom. The molecule has 0 unspecified atom stereocenters. The lowest BCUT2D eigenvalue weighted by atomic mass is 10.0. The number of benzene rings is 2. The van der Waals surface area contributed by atoms with Crippen molar-refractivity contribution in [3.63, 3.8) is 0 Å². The number of hydrogen-bond donors (Lipinski definition) is 1. The van der Waals surface area contributed by atoms with E-state index in [4.69, 9.17) is 0 Å². The van der Waals surface area contributed by atoms with Gasteiger partial charge in [0, 0.05) is 17.8 Å². The SMILES string of the molecule is COC(=O)/C=C/C(=O)Nc1ccc(-c2ccccc2C)cc1. The molecule has 0 fully saturated rings. The van der Waals surface area contributed by atoms with Crippen LogP contribution in [0.15, 0.2) is 60.7 Å². The van der Waals surface area contributed by atoms with Crippen molar-refractivity contribution in [3.8, 4) is 11.1 Å². The Balaban J connectivity index is 2.07. The highest BCUT2D eigenvalue weighted by Gasteiger charge is 2.03. The number of ether oxygens (including phenoxy) is 1. The van der Waals surface area contributed by atoms with E-state index in [-0.39, 0.29) is 5.91 Å². The van der Waals surface area contributed by atoms with E-state index < -0.39 is 5.97 Å². The monoisotopic (exact) mass is 295 g/mol. The number of rotatable bonds is 4. The van der Waals surface area contributed by atoms with Gasteiger partial charge in [-0.15, -0.1) is 0 Å². The van der Waals surface area contributed by atoms with Crippen LogP contribution in [0.4, 0.5) is 5.69 Å². The average molecular weight is 295 g/mol. The number of methoxy groups -OCH3 is 1. The van der Waals surface area contributed by atoms with Gasteiger partial charge in [-0.2, -0.15) is 0 Å². The molecule has 0 aliphatic rings. The van der Waals surface area contributed by atoms with Gasteiger partial charge in [0.1, 0.15) is 0 Å². The molecular weight excluding hydrogens is 278 g/mol. The molecule has 2 aromatic carbocycles. The minimum atomic E-state index is -0.565. The van der Waals surface area contributed by atoms with Crippen LogP contribution in [-0.4, -0.2) is 19.0 Å². The van der Waals surface area contributed by atoms with E-state index in [0.717, 1.165) is 23.3 Å².